The fourth-order valence-corrected chi connectivity index (χ4v) is 3.97. The van der Waals surface area contributed by atoms with Gasteiger partial charge in [0.15, 0.2) is 0 Å². The zero-order valence-corrected chi connectivity index (χ0v) is 16.8. The summed E-state index contributed by atoms with van der Waals surface area (Å²) in [5, 5.41) is 2.80. The van der Waals surface area contributed by atoms with Gasteiger partial charge in [0.1, 0.15) is 0 Å². The van der Waals surface area contributed by atoms with Gasteiger partial charge in [-0.3, -0.25) is 14.7 Å². The highest BCUT2D eigenvalue weighted by Crippen LogP contribution is 2.29. The number of halogens is 2. The summed E-state index contributed by atoms with van der Waals surface area (Å²) < 4.78 is 27.6. The molecule has 0 unspecified atom stereocenters. The van der Waals surface area contributed by atoms with Crippen LogP contribution in [0.2, 0.25) is 0 Å². The molecule has 0 aliphatic heterocycles. The van der Waals surface area contributed by atoms with Crippen LogP contribution in [0.15, 0.2) is 54.6 Å². The molecule has 29 heavy (non-hydrogen) atoms. The molecule has 4 nitrogen and oxygen atoms in total. The minimum absolute atomic E-state index is 0.130. The maximum atomic E-state index is 12.9. The second-order valence-electron chi connectivity index (χ2n) is 6.74. The predicted molar refractivity (Wildman–Crippen MR) is 112 cm³/mol. The standard InChI is InChI=1S/C22H19F2N3OS/c1-3-14-7-8-17-16(12-14)25-22(27(17)15-6-4-5-13(2)11-15)26-21(28)19-10-9-18(29-19)20(23)24/h4-12,20H,3H2,1-2H3,(H,25,26,28). The third-order valence-electron chi connectivity index (χ3n) is 4.68. The van der Waals surface area contributed by atoms with E-state index in [9.17, 15) is 13.6 Å². The Morgan fingerprint density at radius 2 is 2.00 bits per heavy atom. The van der Waals surface area contributed by atoms with Crippen molar-refractivity contribution in [1.29, 1.82) is 0 Å². The van der Waals surface area contributed by atoms with Crippen LogP contribution < -0.4 is 5.32 Å². The number of aryl methyl sites for hydroxylation is 2. The number of anilines is 1. The lowest BCUT2D eigenvalue weighted by Gasteiger charge is -2.10. The van der Waals surface area contributed by atoms with Crippen LogP contribution in [0.25, 0.3) is 16.7 Å². The van der Waals surface area contributed by atoms with Crippen LogP contribution in [0, 0.1) is 6.92 Å². The zero-order chi connectivity index (χ0) is 20.5. The second-order valence-corrected chi connectivity index (χ2v) is 7.86. The van der Waals surface area contributed by atoms with E-state index in [-0.39, 0.29) is 9.75 Å². The molecular weight excluding hydrogens is 392 g/mol. The Morgan fingerprint density at radius 1 is 1.17 bits per heavy atom. The molecule has 148 valence electrons. The summed E-state index contributed by atoms with van der Waals surface area (Å²) in [5.74, 6) is -0.0994. The van der Waals surface area contributed by atoms with E-state index in [1.54, 1.807) is 0 Å². The first-order valence-electron chi connectivity index (χ1n) is 9.24. The molecule has 7 heteroatoms. The number of carbonyl (C=O) groups excluding carboxylic acids is 1. The van der Waals surface area contributed by atoms with E-state index in [4.69, 9.17) is 0 Å². The molecule has 0 bridgehead atoms. The Bertz CT molecular complexity index is 1200. The molecule has 0 spiro atoms. The highest BCUT2D eigenvalue weighted by Gasteiger charge is 2.19. The Kier molecular flexibility index (Phi) is 5.15. The number of fused-ring (bicyclic) bond motifs is 1. The van der Waals surface area contributed by atoms with Crippen molar-refractivity contribution in [3.63, 3.8) is 0 Å². The Morgan fingerprint density at radius 3 is 2.69 bits per heavy atom. The number of nitrogens with zero attached hydrogens (tertiary/aromatic N) is 2. The van der Waals surface area contributed by atoms with Crippen molar-refractivity contribution in [1.82, 2.24) is 9.55 Å². The summed E-state index contributed by atoms with van der Waals surface area (Å²) in [6.45, 7) is 4.06. The summed E-state index contributed by atoms with van der Waals surface area (Å²) in [7, 11) is 0. The summed E-state index contributed by atoms with van der Waals surface area (Å²) in [6, 6.07) is 16.6. The number of hydrogen-bond acceptors (Lipinski definition) is 3. The van der Waals surface area contributed by atoms with E-state index < -0.39 is 12.3 Å². The third-order valence-corrected chi connectivity index (χ3v) is 5.77. The highest BCUT2D eigenvalue weighted by atomic mass is 32.1. The van der Waals surface area contributed by atoms with E-state index in [1.807, 2.05) is 54.0 Å². The largest absolute Gasteiger partial charge is 0.291 e. The van der Waals surface area contributed by atoms with Crippen molar-refractivity contribution in [2.45, 2.75) is 26.7 Å². The van der Waals surface area contributed by atoms with Crippen LogP contribution in [-0.2, 0) is 6.42 Å². The van der Waals surface area contributed by atoms with E-state index in [1.165, 1.54) is 12.1 Å². The molecule has 1 N–H and O–H groups in total. The molecule has 1 amide bonds. The van der Waals surface area contributed by atoms with Crippen LogP contribution in [0.4, 0.5) is 14.7 Å². The molecule has 2 heterocycles. The summed E-state index contributed by atoms with van der Waals surface area (Å²) in [5.41, 5.74) is 4.71. The number of imidazole rings is 1. The van der Waals surface area contributed by atoms with E-state index >= 15 is 0 Å². The van der Waals surface area contributed by atoms with Gasteiger partial charge in [0.05, 0.1) is 20.8 Å². The lowest BCUT2D eigenvalue weighted by atomic mass is 10.1. The Hall–Kier alpha value is -3.06. The minimum Gasteiger partial charge on any atom is -0.291 e. The second kappa shape index (κ2) is 7.75. The van der Waals surface area contributed by atoms with Gasteiger partial charge >= 0.3 is 0 Å². The lowest BCUT2D eigenvalue weighted by molar-refractivity contribution is 0.102. The normalized spacial score (nSPS) is 11.3. The van der Waals surface area contributed by atoms with Gasteiger partial charge < -0.3 is 0 Å². The van der Waals surface area contributed by atoms with Crippen LogP contribution in [0.1, 0.15) is 39.0 Å². The van der Waals surface area contributed by atoms with Gasteiger partial charge in [-0.2, -0.15) is 0 Å². The number of thiophene rings is 1. The number of nitrogens with one attached hydrogen (secondary N) is 1. The first-order chi connectivity index (χ1) is 14.0. The number of amides is 1. The molecular formula is C22H19F2N3OS. The van der Waals surface area contributed by atoms with E-state index in [0.29, 0.717) is 5.95 Å². The van der Waals surface area contributed by atoms with Gasteiger partial charge in [0.2, 0.25) is 5.95 Å². The lowest BCUT2D eigenvalue weighted by Crippen LogP contribution is -2.14. The predicted octanol–water partition coefficient (Wildman–Crippen LogP) is 6.15. The molecule has 4 aromatic rings. The van der Waals surface area contributed by atoms with Gasteiger partial charge in [-0.05, 0) is 60.9 Å². The number of carbonyl (C=O) groups is 1. The quantitative estimate of drug-likeness (QED) is 0.428. The monoisotopic (exact) mass is 411 g/mol. The number of rotatable bonds is 5. The summed E-state index contributed by atoms with van der Waals surface area (Å²) in [6.07, 6.45) is -1.72. The van der Waals surface area contributed by atoms with Crippen molar-refractivity contribution < 1.29 is 13.6 Å². The first-order valence-corrected chi connectivity index (χ1v) is 10.1. The maximum Gasteiger partial charge on any atom is 0.272 e. The van der Waals surface area contributed by atoms with E-state index in [0.717, 1.165) is 45.6 Å². The van der Waals surface area contributed by atoms with Gasteiger partial charge in [-0.15, -0.1) is 11.3 Å². The maximum absolute atomic E-state index is 12.9. The highest BCUT2D eigenvalue weighted by molar-refractivity contribution is 7.14. The number of hydrogen-bond donors (Lipinski definition) is 1. The molecule has 0 aliphatic carbocycles. The minimum atomic E-state index is -2.59. The van der Waals surface area contributed by atoms with Gasteiger partial charge in [-0.25, -0.2) is 13.8 Å². The number of alkyl halides is 2. The molecule has 0 fully saturated rings. The van der Waals surface area contributed by atoms with Crippen molar-refractivity contribution in [3.05, 3.63) is 75.5 Å². The SMILES string of the molecule is CCc1ccc2c(c1)nc(NC(=O)c1ccc(C(F)F)s1)n2-c1cccc(C)c1. The first kappa shape index (κ1) is 19.3. The molecule has 0 saturated carbocycles. The fraction of sp³-hybridized carbons (Fsp3) is 0.182. The molecule has 4 rings (SSSR count). The smallest absolute Gasteiger partial charge is 0.272 e. The van der Waals surface area contributed by atoms with Crippen LogP contribution >= 0.6 is 11.3 Å². The van der Waals surface area contributed by atoms with Crippen molar-refractivity contribution in [2.75, 3.05) is 5.32 Å². The van der Waals surface area contributed by atoms with E-state index in [2.05, 4.69) is 17.2 Å². The Balaban J connectivity index is 1.79. The molecule has 0 aliphatic rings. The average molecular weight is 411 g/mol. The molecule has 0 radical (unpaired) electrons. The van der Waals surface area contributed by atoms with Crippen LogP contribution in [0.5, 0.6) is 0 Å². The molecule has 0 atom stereocenters. The Labute approximate surface area is 170 Å². The van der Waals surface area contributed by atoms with Crippen LogP contribution in [0.3, 0.4) is 0 Å². The molecule has 0 saturated heterocycles. The van der Waals surface area contributed by atoms with Gasteiger partial charge in [-0.1, -0.05) is 25.1 Å². The number of benzene rings is 2. The van der Waals surface area contributed by atoms with Gasteiger partial charge in [0, 0.05) is 5.69 Å². The topological polar surface area (TPSA) is 46.9 Å². The zero-order valence-electron chi connectivity index (χ0n) is 15.9. The fourth-order valence-electron chi connectivity index (χ4n) is 3.21. The van der Waals surface area contributed by atoms with Crippen LogP contribution in [-0.4, -0.2) is 15.5 Å². The van der Waals surface area contributed by atoms with Gasteiger partial charge in [0.25, 0.3) is 12.3 Å². The third kappa shape index (κ3) is 3.78. The molecule has 2 aromatic heterocycles. The summed E-state index contributed by atoms with van der Waals surface area (Å²) >= 11 is 0.786. The molecule has 2 aromatic carbocycles. The van der Waals surface area contributed by atoms with Crippen molar-refractivity contribution in [3.8, 4) is 5.69 Å². The summed E-state index contributed by atoms with van der Waals surface area (Å²) in [4.78, 5) is 17.4. The average Bonchev–Trinajstić information content (AvgIpc) is 3.32. The van der Waals surface area contributed by atoms with Crippen molar-refractivity contribution >= 4 is 34.2 Å². The van der Waals surface area contributed by atoms with Crippen molar-refractivity contribution in [2.24, 2.45) is 0 Å². The number of aromatic nitrogens is 2.